The summed E-state index contributed by atoms with van der Waals surface area (Å²) in [7, 11) is 1.53. The standard InChI is InChI=1S/C10H12O2.C10H16/c1-3-4-8-5-6-9(11)10(7-8)12-2;1-5-10(4)8-6-7-9(2)3/h3,5-7,11H,1,4H2,2H3;5,7H,1,4,6,8H2,2-3H3. The van der Waals surface area contributed by atoms with Crippen molar-refractivity contribution in [3.63, 3.8) is 0 Å². The number of rotatable bonds is 7. The Hall–Kier alpha value is -2.22. The average molecular weight is 300 g/mol. The van der Waals surface area contributed by atoms with Gasteiger partial charge in [0.05, 0.1) is 7.11 Å². The van der Waals surface area contributed by atoms with E-state index in [-0.39, 0.29) is 5.75 Å². The summed E-state index contributed by atoms with van der Waals surface area (Å²) in [6.45, 7) is 15.3. The van der Waals surface area contributed by atoms with Crippen LogP contribution in [0.15, 0.2) is 67.3 Å². The van der Waals surface area contributed by atoms with Gasteiger partial charge in [0.25, 0.3) is 0 Å². The number of phenols is 1. The minimum Gasteiger partial charge on any atom is -0.504 e. The number of allylic oxidation sites excluding steroid dienone is 5. The summed E-state index contributed by atoms with van der Waals surface area (Å²) < 4.78 is 4.95. The van der Waals surface area contributed by atoms with Crippen LogP contribution in [0.4, 0.5) is 0 Å². The van der Waals surface area contributed by atoms with Crippen LogP contribution >= 0.6 is 0 Å². The summed E-state index contributed by atoms with van der Waals surface area (Å²) in [4.78, 5) is 0. The normalized spacial score (nSPS) is 9.05. The van der Waals surface area contributed by atoms with E-state index in [9.17, 15) is 5.11 Å². The lowest BCUT2D eigenvalue weighted by molar-refractivity contribution is 0.373. The van der Waals surface area contributed by atoms with Gasteiger partial charge in [-0.15, -0.1) is 6.58 Å². The highest BCUT2D eigenvalue weighted by atomic mass is 16.5. The topological polar surface area (TPSA) is 29.5 Å². The third kappa shape index (κ3) is 8.85. The number of phenolic OH excluding ortho intramolecular Hbond substituents is 1. The maximum absolute atomic E-state index is 9.25. The van der Waals surface area contributed by atoms with Crippen molar-refractivity contribution >= 4 is 0 Å². The Kier molecular flexibility index (Phi) is 10.3. The van der Waals surface area contributed by atoms with Gasteiger partial charge in [-0.1, -0.05) is 48.6 Å². The smallest absolute Gasteiger partial charge is 0.160 e. The van der Waals surface area contributed by atoms with E-state index in [0.29, 0.717) is 5.75 Å². The predicted octanol–water partition coefficient (Wildman–Crippen LogP) is 5.60. The second-order valence-corrected chi connectivity index (χ2v) is 5.18. The SMILES string of the molecule is C=CC(=C)CCC=C(C)C.C=CCc1ccc(O)c(OC)c1. The molecule has 120 valence electrons. The first-order valence-electron chi connectivity index (χ1n) is 7.35. The average Bonchev–Trinajstić information content (AvgIpc) is 2.49. The molecule has 0 unspecified atom stereocenters. The number of hydrogen-bond donors (Lipinski definition) is 1. The fraction of sp³-hybridized carbons (Fsp3) is 0.300. The van der Waals surface area contributed by atoms with Gasteiger partial charge in [0.15, 0.2) is 11.5 Å². The van der Waals surface area contributed by atoms with Crippen molar-refractivity contribution in [2.75, 3.05) is 7.11 Å². The monoisotopic (exact) mass is 300 g/mol. The Morgan fingerprint density at radius 1 is 1.27 bits per heavy atom. The van der Waals surface area contributed by atoms with Gasteiger partial charge in [0.1, 0.15) is 0 Å². The summed E-state index contributed by atoms with van der Waals surface area (Å²) >= 11 is 0. The molecular weight excluding hydrogens is 272 g/mol. The van der Waals surface area contributed by atoms with E-state index in [4.69, 9.17) is 4.74 Å². The molecule has 1 rings (SSSR count). The zero-order valence-electron chi connectivity index (χ0n) is 14.1. The number of aromatic hydroxyl groups is 1. The van der Waals surface area contributed by atoms with E-state index in [2.05, 4.69) is 39.7 Å². The van der Waals surface area contributed by atoms with Crippen LogP contribution in [0.1, 0.15) is 32.3 Å². The van der Waals surface area contributed by atoms with E-state index in [0.717, 1.165) is 30.4 Å². The summed E-state index contributed by atoms with van der Waals surface area (Å²) in [6, 6.07) is 5.27. The van der Waals surface area contributed by atoms with Crippen molar-refractivity contribution in [2.45, 2.75) is 33.1 Å². The van der Waals surface area contributed by atoms with Gasteiger partial charge in [0, 0.05) is 0 Å². The van der Waals surface area contributed by atoms with Crippen LogP contribution < -0.4 is 4.74 Å². The molecule has 0 heterocycles. The van der Waals surface area contributed by atoms with Crippen molar-refractivity contribution in [3.05, 3.63) is 72.9 Å². The summed E-state index contributed by atoms with van der Waals surface area (Å²) in [5.74, 6) is 0.680. The molecule has 1 aromatic carbocycles. The van der Waals surface area contributed by atoms with Crippen LogP contribution in [-0.2, 0) is 6.42 Å². The molecule has 0 amide bonds. The molecule has 0 aliphatic carbocycles. The van der Waals surface area contributed by atoms with Gasteiger partial charge in [-0.2, -0.15) is 0 Å². The minimum absolute atomic E-state index is 0.172. The third-order valence-corrected chi connectivity index (χ3v) is 2.93. The number of benzene rings is 1. The molecule has 2 heteroatoms. The molecule has 0 bridgehead atoms. The second-order valence-electron chi connectivity index (χ2n) is 5.18. The molecule has 0 saturated heterocycles. The van der Waals surface area contributed by atoms with Crippen LogP contribution in [0.2, 0.25) is 0 Å². The molecule has 2 nitrogen and oxygen atoms in total. The van der Waals surface area contributed by atoms with Gasteiger partial charge in [0.2, 0.25) is 0 Å². The first kappa shape index (κ1) is 19.8. The second kappa shape index (κ2) is 11.4. The van der Waals surface area contributed by atoms with Gasteiger partial charge in [-0.25, -0.2) is 0 Å². The summed E-state index contributed by atoms with van der Waals surface area (Å²) in [5.41, 5.74) is 3.58. The molecule has 0 saturated carbocycles. The van der Waals surface area contributed by atoms with Crippen LogP contribution in [-0.4, -0.2) is 12.2 Å². The Bertz CT molecular complexity index is 521. The number of hydrogen-bond acceptors (Lipinski definition) is 2. The van der Waals surface area contributed by atoms with E-state index in [1.165, 1.54) is 12.7 Å². The fourth-order valence-corrected chi connectivity index (χ4v) is 1.66. The molecule has 0 aliphatic heterocycles. The molecule has 0 aromatic heterocycles. The Morgan fingerprint density at radius 3 is 2.45 bits per heavy atom. The Labute approximate surface area is 135 Å². The highest BCUT2D eigenvalue weighted by Gasteiger charge is 2.00. The minimum atomic E-state index is 0.172. The zero-order chi connectivity index (χ0) is 17.0. The molecule has 0 spiro atoms. The van der Waals surface area contributed by atoms with Crippen molar-refractivity contribution in [2.24, 2.45) is 0 Å². The van der Waals surface area contributed by atoms with Crippen molar-refractivity contribution < 1.29 is 9.84 Å². The van der Waals surface area contributed by atoms with E-state index in [1.54, 1.807) is 12.1 Å². The highest BCUT2D eigenvalue weighted by molar-refractivity contribution is 5.42. The molecule has 0 radical (unpaired) electrons. The highest BCUT2D eigenvalue weighted by Crippen LogP contribution is 2.26. The first-order valence-corrected chi connectivity index (χ1v) is 7.35. The largest absolute Gasteiger partial charge is 0.504 e. The lowest BCUT2D eigenvalue weighted by atomic mass is 10.1. The fourth-order valence-electron chi connectivity index (χ4n) is 1.66. The predicted molar refractivity (Wildman–Crippen MR) is 96.6 cm³/mol. The van der Waals surface area contributed by atoms with Crippen LogP contribution in [0, 0.1) is 0 Å². The Balaban J connectivity index is 0.000000409. The molecule has 0 fully saturated rings. The quantitative estimate of drug-likeness (QED) is 0.524. The first-order chi connectivity index (χ1) is 10.4. The van der Waals surface area contributed by atoms with Gasteiger partial charge < -0.3 is 9.84 Å². The van der Waals surface area contributed by atoms with Crippen LogP contribution in [0.5, 0.6) is 11.5 Å². The summed E-state index contributed by atoms with van der Waals surface area (Å²) in [6.07, 6.45) is 8.76. The number of methoxy groups -OCH3 is 1. The maximum atomic E-state index is 9.25. The van der Waals surface area contributed by atoms with Crippen LogP contribution in [0.25, 0.3) is 0 Å². The lowest BCUT2D eigenvalue weighted by Crippen LogP contribution is -1.86. The van der Waals surface area contributed by atoms with Gasteiger partial charge in [-0.3, -0.25) is 0 Å². The molecule has 0 atom stereocenters. The maximum Gasteiger partial charge on any atom is 0.160 e. The molecule has 0 aliphatic rings. The molecule has 1 N–H and O–H groups in total. The molecule has 22 heavy (non-hydrogen) atoms. The zero-order valence-corrected chi connectivity index (χ0v) is 14.1. The molecule has 1 aromatic rings. The molecular formula is C20H28O2. The van der Waals surface area contributed by atoms with E-state index in [1.807, 2.05) is 18.2 Å². The summed E-state index contributed by atoms with van der Waals surface area (Å²) in [5, 5.41) is 9.25. The van der Waals surface area contributed by atoms with Gasteiger partial charge >= 0.3 is 0 Å². The van der Waals surface area contributed by atoms with E-state index >= 15 is 0 Å². The lowest BCUT2D eigenvalue weighted by Gasteiger charge is -2.04. The Morgan fingerprint density at radius 2 is 1.95 bits per heavy atom. The van der Waals surface area contributed by atoms with Crippen LogP contribution in [0.3, 0.4) is 0 Å². The van der Waals surface area contributed by atoms with Crippen molar-refractivity contribution in [3.8, 4) is 11.5 Å². The van der Waals surface area contributed by atoms with Crippen molar-refractivity contribution in [1.82, 2.24) is 0 Å². The van der Waals surface area contributed by atoms with Crippen molar-refractivity contribution in [1.29, 1.82) is 0 Å². The number of ether oxygens (including phenoxy) is 1. The van der Waals surface area contributed by atoms with Gasteiger partial charge in [-0.05, 0) is 50.8 Å². The van der Waals surface area contributed by atoms with E-state index < -0.39 is 0 Å². The third-order valence-electron chi connectivity index (χ3n) is 2.93.